The van der Waals surface area contributed by atoms with Crippen LogP contribution < -0.4 is 10.6 Å². The lowest BCUT2D eigenvalue weighted by Gasteiger charge is -2.35. The molecule has 108 valence electrons. The Bertz CT molecular complexity index is 319. The second-order valence-electron chi connectivity index (χ2n) is 5.54. The van der Waals surface area contributed by atoms with Crippen molar-refractivity contribution in [3.05, 3.63) is 0 Å². The van der Waals surface area contributed by atoms with Crippen LogP contribution in [0.15, 0.2) is 0 Å². The Balaban J connectivity index is 1.76. The molecule has 0 atom stereocenters. The minimum Gasteiger partial charge on any atom is -0.353 e. The van der Waals surface area contributed by atoms with E-state index in [1.54, 1.807) is 0 Å². The van der Waals surface area contributed by atoms with Crippen LogP contribution >= 0.6 is 0 Å². The van der Waals surface area contributed by atoms with E-state index >= 15 is 0 Å². The van der Waals surface area contributed by atoms with Crippen LogP contribution in [0.3, 0.4) is 0 Å². The van der Waals surface area contributed by atoms with Gasteiger partial charge in [0, 0.05) is 31.5 Å². The topological polar surface area (TPSA) is 61.4 Å². The van der Waals surface area contributed by atoms with Crippen LogP contribution in [0, 0.1) is 5.92 Å². The van der Waals surface area contributed by atoms with Gasteiger partial charge in [-0.05, 0) is 38.8 Å². The maximum atomic E-state index is 12.3. The monoisotopic (exact) mass is 267 g/mol. The van der Waals surface area contributed by atoms with Crippen molar-refractivity contribution in [3.63, 3.8) is 0 Å². The van der Waals surface area contributed by atoms with Gasteiger partial charge in [-0.1, -0.05) is 6.92 Å². The van der Waals surface area contributed by atoms with Crippen LogP contribution in [0.5, 0.6) is 0 Å². The molecule has 2 saturated heterocycles. The van der Waals surface area contributed by atoms with E-state index in [-0.39, 0.29) is 17.9 Å². The number of nitrogens with zero attached hydrogens (tertiary/aromatic N) is 1. The average Bonchev–Trinajstić information content (AvgIpc) is 2.48. The summed E-state index contributed by atoms with van der Waals surface area (Å²) in [5.41, 5.74) is 0. The Kier molecular flexibility index (Phi) is 5.19. The second kappa shape index (κ2) is 6.89. The van der Waals surface area contributed by atoms with E-state index in [4.69, 9.17) is 0 Å². The highest BCUT2D eigenvalue weighted by Gasteiger charge is 2.29. The summed E-state index contributed by atoms with van der Waals surface area (Å²) in [6, 6.07) is 0.254. The van der Waals surface area contributed by atoms with Crippen molar-refractivity contribution >= 4 is 11.8 Å². The summed E-state index contributed by atoms with van der Waals surface area (Å²) in [5, 5.41) is 6.31. The SMILES string of the molecule is CCC(=O)NC1CCN(C(=O)C2CCNCC2)CC1. The number of amides is 2. The normalized spacial score (nSPS) is 22.3. The quantitative estimate of drug-likeness (QED) is 0.783. The number of piperidine rings is 2. The minimum atomic E-state index is 0.114. The molecule has 0 unspecified atom stereocenters. The predicted octanol–water partition coefficient (Wildman–Crippen LogP) is 0.503. The maximum absolute atomic E-state index is 12.3. The molecule has 0 radical (unpaired) electrons. The summed E-state index contributed by atoms with van der Waals surface area (Å²) in [4.78, 5) is 25.7. The molecule has 0 aromatic rings. The smallest absolute Gasteiger partial charge is 0.225 e. The molecule has 2 heterocycles. The summed E-state index contributed by atoms with van der Waals surface area (Å²) < 4.78 is 0. The van der Waals surface area contributed by atoms with E-state index in [2.05, 4.69) is 10.6 Å². The molecule has 2 N–H and O–H groups in total. The first-order valence-corrected chi connectivity index (χ1v) is 7.49. The van der Waals surface area contributed by atoms with Gasteiger partial charge in [0.2, 0.25) is 11.8 Å². The van der Waals surface area contributed by atoms with Gasteiger partial charge in [0.05, 0.1) is 0 Å². The van der Waals surface area contributed by atoms with Gasteiger partial charge in [0.1, 0.15) is 0 Å². The zero-order chi connectivity index (χ0) is 13.7. The molecule has 2 fully saturated rings. The number of nitrogens with one attached hydrogen (secondary N) is 2. The average molecular weight is 267 g/mol. The Morgan fingerprint density at radius 3 is 2.37 bits per heavy atom. The van der Waals surface area contributed by atoms with Crippen LogP contribution in [-0.2, 0) is 9.59 Å². The van der Waals surface area contributed by atoms with Crippen molar-refractivity contribution in [2.24, 2.45) is 5.92 Å². The molecule has 5 heteroatoms. The largest absolute Gasteiger partial charge is 0.353 e. The van der Waals surface area contributed by atoms with E-state index in [1.807, 2.05) is 11.8 Å². The third kappa shape index (κ3) is 3.93. The first-order valence-electron chi connectivity index (χ1n) is 7.49. The number of hydrogen-bond donors (Lipinski definition) is 2. The van der Waals surface area contributed by atoms with E-state index in [1.165, 1.54) is 0 Å². The number of hydrogen-bond acceptors (Lipinski definition) is 3. The first kappa shape index (κ1) is 14.3. The predicted molar refractivity (Wildman–Crippen MR) is 73.6 cm³/mol. The lowest BCUT2D eigenvalue weighted by atomic mass is 9.95. The summed E-state index contributed by atoms with van der Waals surface area (Å²) >= 11 is 0. The Labute approximate surface area is 115 Å². The lowest BCUT2D eigenvalue weighted by molar-refractivity contribution is -0.137. The third-order valence-corrected chi connectivity index (χ3v) is 4.18. The standard InChI is InChI=1S/C14H25N3O2/c1-2-13(18)16-12-5-9-17(10-6-12)14(19)11-3-7-15-8-4-11/h11-12,15H,2-10H2,1H3,(H,16,18). The molecule has 2 amide bonds. The van der Waals surface area contributed by atoms with E-state index in [9.17, 15) is 9.59 Å². The minimum absolute atomic E-state index is 0.114. The molecule has 0 bridgehead atoms. The van der Waals surface area contributed by atoms with Crippen LogP contribution in [0.2, 0.25) is 0 Å². The van der Waals surface area contributed by atoms with E-state index in [0.29, 0.717) is 12.3 Å². The zero-order valence-electron chi connectivity index (χ0n) is 11.8. The van der Waals surface area contributed by atoms with Crippen LogP contribution in [0.1, 0.15) is 39.0 Å². The summed E-state index contributed by atoms with van der Waals surface area (Å²) in [7, 11) is 0. The van der Waals surface area contributed by atoms with Crippen molar-refractivity contribution in [3.8, 4) is 0 Å². The van der Waals surface area contributed by atoms with Crippen molar-refractivity contribution < 1.29 is 9.59 Å². The van der Waals surface area contributed by atoms with Gasteiger partial charge >= 0.3 is 0 Å². The fourth-order valence-corrected chi connectivity index (χ4v) is 2.90. The van der Waals surface area contributed by atoms with E-state index in [0.717, 1.165) is 51.9 Å². The number of rotatable bonds is 3. The summed E-state index contributed by atoms with van der Waals surface area (Å²) in [6.45, 7) is 5.36. The van der Waals surface area contributed by atoms with Crippen molar-refractivity contribution in [1.82, 2.24) is 15.5 Å². The van der Waals surface area contributed by atoms with Crippen LogP contribution in [0.25, 0.3) is 0 Å². The van der Waals surface area contributed by atoms with Gasteiger partial charge in [0.15, 0.2) is 0 Å². The van der Waals surface area contributed by atoms with Crippen molar-refractivity contribution in [2.45, 2.75) is 45.1 Å². The molecule has 2 aliphatic rings. The van der Waals surface area contributed by atoms with Gasteiger partial charge in [-0.15, -0.1) is 0 Å². The molecule has 2 aliphatic heterocycles. The highest BCUT2D eigenvalue weighted by Crippen LogP contribution is 2.19. The Morgan fingerprint density at radius 1 is 1.16 bits per heavy atom. The number of carbonyl (C=O) groups excluding carboxylic acids is 2. The Morgan fingerprint density at radius 2 is 1.79 bits per heavy atom. The zero-order valence-corrected chi connectivity index (χ0v) is 11.8. The molecule has 0 saturated carbocycles. The Hall–Kier alpha value is -1.10. The highest BCUT2D eigenvalue weighted by molar-refractivity contribution is 5.79. The summed E-state index contributed by atoms with van der Waals surface area (Å²) in [5.74, 6) is 0.646. The molecule has 0 aliphatic carbocycles. The second-order valence-corrected chi connectivity index (χ2v) is 5.54. The highest BCUT2D eigenvalue weighted by atomic mass is 16.2. The fourth-order valence-electron chi connectivity index (χ4n) is 2.90. The molecule has 0 aromatic heterocycles. The molecule has 2 rings (SSSR count). The molecule has 0 aromatic carbocycles. The van der Waals surface area contributed by atoms with Gasteiger partial charge in [-0.3, -0.25) is 9.59 Å². The molecule has 19 heavy (non-hydrogen) atoms. The van der Waals surface area contributed by atoms with Gasteiger partial charge < -0.3 is 15.5 Å². The van der Waals surface area contributed by atoms with Gasteiger partial charge in [-0.2, -0.15) is 0 Å². The first-order chi connectivity index (χ1) is 9.20. The van der Waals surface area contributed by atoms with Gasteiger partial charge in [0.25, 0.3) is 0 Å². The third-order valence-electron chi connectivity index (χ3n) is 4.18. The molecular weight excluding hydrogens is 242 g/mol. The van der Waals surface area contributed by atoms with Gasteiger partial charge in [-0.25, -0.2) is 0 Å². The fraction of sp³-hybridized carbons (Fsp3) is 0.857. The number of likely N-dealkylation sites (tertiary alicyclic amines) is 1. The number of carbonyl (C=O) groups is 2. The van der Waals surface area contributed by atoms with Crippen molar-refractivity contribution in [1.29, 1.82) is 0 Å². The van der Waals surface area contributed by atoms with Crippen molar-refractivity contribution in [2.75, 3.05) is 26.2 Å². The lowest BCUT2D eigenvalue weighted by Crippen LogP contribution is -2.49. The van der Waals surface area contributed by atoms with Crippen LogP contribution in [-0.4, -0.2) is 48.9 Å². The van der Waals surface area contributed by atoms with E-state index < -0.39 is 0 Å². The molecular formula is C14H25N3O2. The maximum Gasteiger partial charge on any atom is 0.225 e. The molecule has 5 nitrogen and oxygen atoms in total. The summed E-state index contributed by atoms with van der Waals surface area (Å²) in [6.07, 6.45) is 4.25. The van der Waals surface area contributed by atoms with Crippen LogP contribution in [0.4, 0.5) is 0 Å². The molecule has 0 spiro atoms.